The van der Waals surface area contributed by atoms with Crippen molar-refractivity contribution in [2.75, 3.05) is 20.7 Å². The first-order chi connectivity index (χ1) is 8.86. The monoisotopic (exact) mass is 263 g/mol. The highest BCUT2D eigenvalue weighted by Gasteiger charge is 2.32. The molecular formula is C17H29NO. The Morgan fingerprint density at radius 1 is 1.21 bits per heavy atom. The molecule has 0 bridgehead atoms. The third kappa shape index (κ3) is 3.30. The van der Waals surface area contributed by atoms with E-state index in [0.717, 1.165) is 12.3 Å². The molecule has 2 nitrogen and oxygen atoms in total. The summed E-state index contributed by atoms with van der Waals surface area (Å²) in [4.78, 5) is 0. The Kier molecular flexibility index (Phi) is 5.42. The van der Waals surface area contributed by atoms with E-state index in [0.29, 0.717) is 11.8 Å². The maximum absolute atomic E-state index is 5.65. The normalized spacial score (nSPS) is 14.8. The Morgan fingerprint density at radius 3 is 2.26 bits per heavy atom. The maximum atomic E-state index is 5.65. The molecular weight excluding hydrogens is 234 g/mol. The Labute approximate surface area is 118 Å². The first-order valence-corrected chi connectivity index (χ1v) is 7.19. The van der Waals surface area contributed by atoms with Crippen molar-refractivity contribution in [3.63, 3.8) is 0 Å². The van der Waals surface area contributed by atoms with Crippen molar-refractivity contribution in [1.29, 1.82) is 0 Å². The van der Waals surface area contributed by atoms with Crippen molar-refractivity contribution in [2.24, 2.45) is 5.92 Å². The van der Waals surface area contributed by atoms with Gasteiger partial charge in [-0.3, -0.25) is 0 Å². The summed E-state index contributed by atoms with van der Waals surface area (Å²) in [6, 6.07) is 6.67. The average molecular weight is 263 g/mol. The highest BCUT2D eigenvalue weighted by atomic mass is 16.5. The number of nitrogens with one attached hydrogen (secondary N) is 1. The standard InChI is InChI=1S/C17H29NO/c1-12(2)14-8-9-15(16(10-14)19-7)17(5,11-18-6)13(3)4/h8-10,12-13,18H,11H2,1-7H3. The minimum Gasteiger partial charge on any atom is -0.496 e. The van der Waals surface area contributed by atoms with Crippen LogP contribution < -0.4 is 10.1 Å². The Hall–Kier alpha value is -1.02. The summed E-state index contributed by atoms with van der Waals surface area (Å²) in [6.45, 7) is 12.2. The lowest BCUT2D eigenvalue weighted by Gasteiger charge is -2.35. The molecule has 1 atom stereocenters. The number of hydrogen-bond acceptors (Lipinski definition) is 2. The number of likely N-dealkylation sites (N-methyl/N-ethyl adjacent to an activating group) is 1. The van der Waals surface area contributed by atoms with E-state index in [2.05, 4.69) is 58.1 Å². The zero-order chi connectivity index (χ0) is 14.6. The average Bonchev–Trinajstić information content (AvgIpc) is 2.37. The number of ether oxygens (including phenoxy) is 1. The zero-order valence-electron chi connectivity index (χ0n) is 13.5. The molecule has 0 amide bonds. The summed E-state index contributed by atoms with van der Waals surface area (Å²) in [6.07, 6.45) is 0. The van der Waals surface area contributed by atoms with Gasteiger partial charge < -0.3 is 10.1 Å². The second-order valence-corrected chi connectivity index (χ2v) is 6.22. The SMILES string of the molecule is CNCC(C)(c1ccc(C(C)C)cc1OC)C(C)C. The van der Waals surface area contributed by atoms with Gasteiger partial charge in [0.1, 0.15) is 5.75 Å². The topological polar surface area (TPSA) is 21.3 Å². The molecule has 1 rings (SSSR count). The molecule has 1 N–H and O–H groups in total. The van der Waals surface area contributed by atoms with E-state index in [1.165, 1.54) is 11.1 Å². The van der Waals surface area contributed by atoms with Crippen LogP contribution in [-0.4, -0.2) is 20.7 Å². The quantitative estimate of drug-likeness (QED) is 0.839. The molecule has 1 aromatic rings. The van der Waals surface area contributed by atoms with E-state index >= 15 is 0 Å². The van der Waals surface area contributed by atoms with Gasteiger partial charge in [0.2, 0.25) is 0 Å². The molecule has 1 unspecified atom stereocenters. The van der Waals surface area contributed by atoms with E-state index in [1.54, 1.807) is 7.11 Å². The molecule has 0 spiro atoms. The van der Waals surface area contributed by atoms with Gasteiger partial charge in [0.25, 0.3) is 0 Å². The van der Waals surface area contributed by atoms with Crippen LogP contribution in [0.5, 0.6) is 5.75 Å². The van der Waals surface area contributed by atoms with Crippen molar-refractivity contribution < 1.29 is 4.74 Å². The fourth-order valence-corrected chi connectivity index (χ4v) is 2.52. The van der Waals surface area contributed by atoms with Gasteiger partial charge in [-0.25, -0.2) is 0 Å². The summed E-state index contributed by atoms with van der Waals surface area (Å²) in [5.41, 5.74) is 2.70. The number of methoxy groups -OCH3 is 1. The molecule has 0 fully saturated rings. The van der Waals surface area contributed by atoms with Gasteiger partial charge in [-0.1, -0.05) is 46.8 Å². The van der Waals surface area contributed by atoms with Crippen molar-refractivity contribution >= 4 is 0 Å². The third-order valence-electron chi connectivity index (χ3n) is 4.33. The summed E-state index contributed by atoms with van der Waals surface area (Å²) in [5.74, 6) is 2.08. The van der Waals surface area contributed by atoms with Crippen LogP contribution in [0, 0.1) is 5.92 Å². The van der Waals surface area contributed by atoms with E-state index in [9.17, 15) is 0 Å². The molecule has 0 saturated carbocycles. The minimum absolute atomic E-state index is 0.0790. The fourth-order valence-electron chi connectivity index (χ4n) is 2.52. The van der Waals surface area contributed by atoms with Gasteiger partial charge in [-0.2, -0.15) is 0 Å². The van der Waals surface area contributed by atoms with Crippen LogP contribution in [0.1, 0.15) is 51.7 Å². The summed E-state index contributed by atoms with van der Waals surface area (Å²) >= 11 is 0. The first kappa shape index (κ1) is 16.0. The Morgan fingerprint density at radius 2 is 1.84 bits per heavy atom. The predicted octanol–water partition coefficient (Wildman–Crippen LogP) is 3.95. The van der Waals surface area contributed by atoms with Gasteiger partial charge in [0.05, 0.1) is 7.11 Å². The maximum Gasteiger partial charge on any atom is 0.122 e. The van der Waals surface area contributed by atoms with E-state index in [-0.39, 0.29) is 5.41 Å². The molecule has 0 aliphatic rings. The van der Waals surface area contributed by atoms with Crippen LogP contribution in [0.3, 0.4) is 0 Å². The first-order valence-electron chi connectivity index (χ1n) is 7.19. The fraction of sp³-hybridized carbons (Fsp3) is 0.647. The number of rotatable bonds is 6. The number of hydrogen-bond donors (Lipinski definition) is 1. The highest BCUT2D eigenvalue weighted by molar-refractivity contribution is 5.44. The van der Waals surface area contributed by atoms with Crippen molar-refractivity contribution in [1.82, 2.24) is 5.32 Å². The second-order valence-electron chi connectivity index (χ2n) is 6.22. The van der Waals surface area contributed by atoms with Gasteiger partial charge in [-0.05, 0) is 30.5 Å². The molecule has 0 radical (unpaired) electrons. The molecule has 0 heterocycles. The van der Waals surface area contributed by atoms with Crippen LogP contribution >= 0.6 is 0 Å². The molecule has 0 aliphatic carbocycles. The largest absolute Gasteiger partial charge is 0.496 e. The van der Waals surface area contributed by atoms with Crippen LogP contribution in [-0.2, 0) is 5.41 Å². The molecule has 0 saturated heterocycles. The van der Waals surface area contributed by atoms with Crippen molar-refractivity contribution in [3.05, 3.63) is 29.3 Å². The lowest BCUT2D eigenvalue weighted by atomic mass is 9.72. The van der Waals surface area contributed by atoms with E-state index < -0.39 is 0 Å². The second kappa shape index (κ2) is 6.42. The summed E-state index contributed by atoms with van der Waals surface area (Å²) in [5, 5.41) is 3.32. The Balaban J connectivity index is 3.31. The molecule has 108 valence electrons. The van der Waals surface area contributed by atoms with E-state index in [1.807, 2.05) is 7.05 Å². The molecule has 0 aliphatic heterocycles. The summed E-state index contributed by atoms with van der Waals surface area (Å²) < 4.78 is 5.65. The minimum atomic E-state index is 0.0790. The summed E-state index contributed by atoms with van der Waals surface area (Å²) in [7, 11) is 3.78. The van der Waals surface area contributed by atoms with Crippen molar-refractivity contribution in [2.45, 2.75) is 46.0 Å². The van der Waals surface area contributed by atoms with Gasteiger partial charge in [0.15, 0.2) is 0 Å². The zero-order valence-corrected chi connectivity index (χ0v) is 13.5. The molecule has 2 heteroatoms. The van der Waals surface area contributed by atoms with Gasteiger partial charge >= 0.3 is 0 Å². The lowest BCUT2D eigenvalue weighted by molar-refractivity contribution is 0.309. The van der Waals surface area contributed by atoms with Crippen LogP contribution in [0.15, 0.2) is 18.2 Å². The highest BCUT2D eigenvalue weighted by Crippen LogP contribution is 2.38. The van der Waals surface area contributed by atoms with Crippen LogP contribution in [0.25, 0.3) is 0 Å². The van der Waals surface area contributed by atoms with Crippen molar-refractivity contribution in [3.8, 4) is 5.75 Å². The molecule has 19 heavy (non-hydrogen) atoms. The third-order valence-corrected chi connectivity index (χ3v) is 4.33. The van der Waals surface area contributed by atoms with Crippen LogP contribution in [0.2, 0.25) is 0 Å². The Bertz CT molecular complexity index is 412. The van der Waals surface area contributed by atoms with E-state index in [4.69, 9.17) is 4.74 Å². The molecule has 1 aromatic carbocycles. The lowest BCUT2D eigenvalue weighted by Crippen LogP contribution is -2.39. The smallest absolute Gasteiger partial charge is 0.122 e. The van der Waals surface area contributed by atoms with Gasteiger partial charge in [0, 0.05) is 17.5 Å². The predicted molar refractivity (Wildman–Crippen MR) is 83.2 cm³/mol. The van der Waals surface area contributed by atoms with Gasteiger partial charge in [-0.15, -0.1) is 0 Å². The number of benzene rings is 1. The van der Waals surface area contributed by atoms with Crippen LogP contribution in [0.4, 0.5) is 0 Å². The molecule has 0 aromatic heterocycles.